The molecule has 1 aromatic heterocycles. The summed E-state index contributed by atoms with van der Waals surface area (Å²) in [6.45, 7) is 0.390. The fourth-order valence-electron chi connectivity index (χ4n) is 1.66. The maximum absolute atomic E-state index is 10.9. The molecule has 4 nitrogen and oxygen atoms in total. The number of H-pyrrole nitrogens is 1. The van der Waals surface area contributed by atoms with E-state index in [1.807, 2.05) is 24.4 Å². The lowest BCUT2D eigenvalue weighted by molar-refractivity contribution is 0.150. The first-order valence-corrected chi connectivity index (χ1v) is 5.21. The van der Waals surface area contributed by atoms with Crippen LogP contribution in [-0.4, -0.2) is 24.7 Å². The number of benzene rings is 1. The molecule has 1 aromatic carbocycles. The lowest BCUT2D eigenvalue weighted by atomic mass is 10.1. The fourth-order valence-corrected chi connectivity index (χ4v) is 1.66. The second-order valence-electron chi connectivity index (χ2n) is 3.50. The van der Waals surface area contributed by atoms with Crippen LogP contribution in [0.5, 0.6) is 0 Å². The number of hydrogen-bond donors (Lipinski definition) is 2. The molecular weight excluding hydrogens is 204 g/mol. The highest BCUT2D eigenvalue weighted by molar-refractivity contribution is 5.83. The number of ether oxygens (including phenoxy) is 1. The van der Waals surface area contributed by atoms with E-state index in [9.17, 15) is 4.79 Å². The smallest absolute Gasteiger partial charge is 0.406 e. The number of hydrogen-bond acceptors (Lipinski definition) is 2. The van der Waals surface area contributed by atoms with Crippen molar-refractivity contribution < 1.29 is 9.53 Å². The third-order valence-electron chi connectivity index (χ3n) is 2.48. The molecule has 0 unspecified atom stereocenters. The van der Waals surface area contributed by atoms with Gasteiger partial charge in [-0.25, -0.2) is 4.79 Å². The highest BCUT2D eigenvalue weighted by Gasteiger charge is 2.03. The minimum Gasteiger partial charge on any atom is -0.449 e. The summed E-state index contributed by atoms with van der Waals surface area (Å²) in [5, 5.41) is 3.60. The molecule has 0 saturated carbocycles. The van der Waals surface area contributed by atoms with Crippen molar-refractivity contribution in [3.05, 3.63) is 36.0 Å². The summed E-state index contributed by atoms with van der Waals surface area (Å²) in [7, 11) is 1.55. The number of fused-ring (bicyclic) bond motifs is 1. The topological polar surface area (TPSA) is 54.1 Å². The third kappa shape index (κ3) is 2.16. The van der Waals surface area contributed by atoms with Gasteiger partial charge in [-0.15, -0.1) is 0 Å². The van der Waals surface area contributed by atoms with E-state index in [1.54, 1.807) is 7.05 Å². The van der Waals surface area contributed by atoms with Gasteiger partial charge in [0.1, 0.15) is 0 Å². The lowest BCUT2D eigenvalue weighted by Crippen LogP contribution is -2.20. The van der Waals surface area contributed by atoms with Crippen molar-refractivity contribution >= 4 is 17.0 Å². The summed E-state index contributed by atoms with van der Waals surface area (Å²) in [6.07, 6.45) is 2.29. The van der Waals surface area contributed by atoms with Gasteiger partial charge in [-0.3, -0.25) is 0 Å². The van der Waals surface area contributed by atoms with Gasteiger partial charge < -0.3 is 15.0 Å². The van der Waals surface area contributed by atoms with Crippen molar-refractivity contribution in [1.29, 1.82) is 0 Å². The summed E-state index contributed by atoms with van der Waals surface area (Å²) < 4.78 is 4.95. The number of aromatic nitrogens is 1. The Labute approximate surface area is 93.6 Å². The minimum atomic E-state index is -0.389. The van der Waals surface area contributed by atoms with Gasteiger partial charge >= 0.3 is 6.09 Å². The third-order valence-corrected chi connectivity index (χ3v) is 2.48. The molecule has 0 atom stereocenters. The van der Waals surface area contributed by atoms with Gasteiger partial charge in [0.25, 0.3) is 0 Å². The molecule has 0 aliphatic rings. The molecule has 0 bridgehead atoms. The van der Waals surface area contributed by atoms with Gasteiger partial charge in [-0.1, -0.05) is 18.2 Å². The monoisotopic (exact) mass is 218 g/mol. The number of aromatic amines is 1. The van der Waals surface area contributed by atoms with Crippen LogP contribution in [0.15, 0.2) is 30.5 Å². The van der Waals surface area contributed by atoms with E-state index in [0.29, 0.717) is 6.61 Å². The van der Waals surface area contributed by atoms with Gasteiger partial charge in [0.05, 0.1) is 6.61 Å². The maximum Gasteiger partial charge on any atom is 0.406 e. The van der Waals surface area contributed by atoms with Crippen LogP contribution in [0.3, 0.4) is 0 Å². The number of amides is 1. The molecule has 0 saturated heterocycles. The Morgan fingerprint density at radius 2 is 2.25 bits per heavy atom. The van der Waals surface area contributed by atoms with Crippen molar-refractivity contribution in [2.24, 2.45) is 0 Å². The van der Waals surface area contributed by atoms with Crippen LogP contribution in [0.1, 0.15) is 5.56 Å². The average Bonchev–Trinajstić information content (AvgIpc) is 2.73. The summed E-state index contributed by atoms with van der Waals surface area (Å²) in [6, 6.07) is 8.07. The maximum atomic E-state index is 10.9. The fraction of sp³-hybridized carbons (Fsp3) is 0.250. The first kappa shape index (κ1) is 10.5. The predicted molar refractivity (Wildman–Crippen MR) is 62.4 cm³/mol. The van der Waals surface area contributed by atoms with Gasteiger partial charge in [0.2, 0.25) is 0 Å². The van der Waals surface area contributed by atoms with Crippen LogP contribution in [-0.2, 0) is 11.2 Å². The van der Waals surface area contributed by atoms with Crippen molar-refractivity contribution in [3.63, 3.8) is 0 Å². The Bertz CT molecular complexity index is 490. The number of nitrogens with one attached hydrogen (secondary N) is 2. The molecule has 0 aliphatic carbocycles. The first-order chi connectivity index (χ1) is 7.81. The van der Waals surface area contributed by atoms with Crippen LogP contribution < -0.4 is 5.32 Å². The Morgan fingerprint density at radius 3 is 3.06 bits per heavy atom. The molecule has 84 valence electrons. The molecule has 1 heterocycles. The van der Waals surface area contributed by atoms with E-state index in [-0.39, 0.29) is 6.09 Å². The molecule has 0 spiro atoms. The summed E-state index contributed by atoms with van der Waals surface area (Å²) in [4.78, 5) is 14.0. The molecular formula is C12H14N2O2. The summed E-state index contributed by atoms with van der Waals surface area (Å²) in [5.41, 5.74) is 2.27. The number of carbonyl (C=O) groups excluding carboxylic acids is 1. The Hall–Kier alpha value is -1.97. The van der Waals surface area contributed by atoms with Crippen molar-refractivity contribution in [2.75, 3.05) is 13.7 Å². The zero-order chi connectivity index (χ0) is 11.4. The Balaban J connectivity index is 2.02. The van der Waals surface area contributed by atoms with Gasteiger partial charge in [0, 0.05) is 30.6 Å². The molecule has 16 heavy (non-hydrogen) atoms. The number of alkyl carbamates (subject to hydrolysis) is 1. The number of para-hydroxylation sites is 1. The van der Waals surface area contributed by atoms with Crippen molar-refractivity contribution in [1.82, 2.24) is 10.3 Å². The van der Waals surface area contributed by atoms with Crippen LogP contribution in [0.25, 0.3) is 10.9 Å². The Kier molecular flexibility index (Phi) is 3.10. The highest BCUT2D eigenvalue weighted by Crippen LogP contribution is 2.17. The van der Waals surface area contributed by atoms with Crippen LogP contribution >= 0.6 is 0 Å². The molecule has 0 aliphatic heterocycles. The standard InChI is InChI=1S/C12H14N2O2/c1-13-12(15)16-7-6-9-8-14-11-5-3-2-4-10(9)11/h2-5,8,14H,6-7H2,1H3,(H,13,15). The van der Waals surface area contributed by atoms with Gasteiger partial charge in [-0.2, -0.15) is 0 Å². The Morgan fingerprint density at radius 1 is 1.44 bits per heavy atom. The molecule has 0 radical (unpaired) electrons. The van der Waals surface area contributed by atoms with E-state index in [4.69, 9.17) is 4.74 Å². The lowest BCUT2D eigenvalue weighted by Gasteiger charge is -2.02. The summed E-state index contributed by atoms with van der Waals surface area (Å²) >= 11 is 0. The number of carbonyl (C=O) groups is 1. The zero-order valence-corrected chi connectivity index (χ0v) is 9.12. The van der Waals surface area contributed by atoms with E-state index in [1.165, 1.54) is 10.9 Å². The quantitative estimate of drug-likeness (QED) is 0.828. The van der Waals surface area contributed by atoms with Gasteiger partial charge in [0.15, 0.2) is 0 Å². The second kappa shape index (κ2) is 4.70. The molecule has 2 rings (SSSR count). The SMILES string of the molecule is CNC(=O)OCCc1c[nH]c2ccccc12. The molecule has 2 aromatic rings. The molecule has 2 N–H and O–H groups in total. The number of rotatable bonds is 3. The van der Waals surface area contributed by atoms with E-state index < -0.39 is 0 Å². The molecule has 0 fully saturated rings. The van der Waals surface area contributed by atoms with Gasteiger partial charge in [-0.05, 0) is 11.6 Å². The van der Waals surface area contributed by atoms with E-state index >= 15 is 0 Å². The van der Waals surface area contributed by atoms with Crippen LogP contribution in [0.4, 0.5) is 4.79 Å². The second-order valence-corrected chi connectivity index (χ2v) is 3.50. The highest BCUT2D eigenvalue weighted by atomic mass is 16.5. The predicted octanol–water partition coefficient (Wildman–Crippen LogP) is 2.07. The molecule has 4 heteroatoms. The largest absolute Gasteiger partial charge is 0.449 e. The van der Waals surface area contributed by atoms with Crippen LogP contribution in [0, 0.1) is 0 Å². The van der Waals surface area contributed by atoms with Crippen molar-refractivity contribution in [3.8, 4) is 0 Å². The van der Waals surface area contributed by atoms with E-state index in [2.05, 4.69) is 16.4 Å². The normalized spacial score (nSPS) is 10.3. The average molecular weight is 218 g/mol. The molecule has 1 amide bonds. The first-order valence-electron chi connectivity index (χ1n) is 5.21. The minimum absolute atomic E-state index is 0.389. The van der Waals surface area contributed by atoms with Crippen molar-refractivity contribution in [2.45, 2.75) is 6.42 Å². The summed E-state index contributed by atoms with van der Waals surface area (Å²) in [5.74, 6) is 0. The zero-order valence-electron chi connectivity index (χ0n) is 9.12. The van der Waals surface area contributed by atoms with Crippen LogP contribution in [0.2, 0.25) is 0 Å². The van der Waals surface area contributed by atoms with E-state index in [0.717, 1.165) is 11.9 Å².